The SMILES string of the molecule is CCNc1nc(C)ccc1C(=O)c1ccc(Cl)cc1. The monoisotopic (exact) mass is 274 g/mol. The third-order valence-corrected chi connectivity index (χ3v) is 2.98. The summed E-state index contributed by atoms with van der Waals surface area (Å²) in [6, 6.07) is 10.5. The van der Waals surface area contributed by atoms with Gasteiger partial charge in [-0.3, -0.25) is 4.79 Å². The highest BCUT2D eigenvalue weighted by Crippen LogP contribution is 2.19. The van der Waals surface area contributed by atoms with Crippen molar-refractivity contribution in [2.45, 2.75) is 13.8 Å². The lowest BCUT2D eigenvalue weighted by Gasteiger charge is -2.10. The highest BCUT2D eigenvalue weighted by Gasteiger charge is 2.14. The molecule has 2 aromatic rings. The second kappa shape index (κ2) is 5.85. The van der Waals surface area contributed by atoms with Crippen LogP contribution in [0.15, 0.2) is 36.4 Å². The largest absolute Gasteiger partial charge is 0.370 e. The van der Waals surface area contributed by atoms with Gasteiger partial charge in [0, 0.05) is 22.8 Å². The van der Waals surface area contributed by atoms with Crippen molar-refractivity contribution in [2.24, 2.45) is 0 Å². The number of carbonyl (C=O) groups excluding carboxylic acids is 1. The van der Waals surface area contributed by atoms with Crippen LogP contribution in [0.25, 0.3) is 0 Å². The molecule has 98 valence electrons. The van der Waals surface area contributed by atoms with Crippen LogP contribution in [0.2, 0.25) is 5.02 Å². The van der Waals surface area contributed by atoms with Crippen molar-refractivity contribution in [1.82, 2.24) is 4.98 Å². The van der Waals surface area contributed by atoms with Gasteiger partial charge in [-0.2, -0.15) is 0 Å². The van der Waals surface area contributed by atoms with E-state index in [1.165, 1.54) is 0 Å². The zero-order chi connectivity index (χ0) is 13.8. The average molecular weight is 275 g/mol. The van der Waals surface area contributed by atoms with Crippen molar-refractivity contribution in [3.8, 4) is 0 Å². The van der Waals surface area contributed by atoms with Crippen LogP contribution in [0.3, 0.4) is 0 Å². The first-order valence-corrected chi connectivity index (χ1v) is 6.51. The number of aromatic nitrogens is 1. The van der Waals surface area contributed by atoms with Gasteiger partial charge in [0.1, 0.15) is 5.82 Å². The number of ketones is 1. The van der Waals surface area contributed by atoms with Crippen LogP contribution < -0.4 is 5.32 Å². The quantitative estimate of drug-likeness (QED) is 0.864. The van der Waals surface area contributed by atoms with Crippen molar-refractivity contribution in [3.05, 3.63) is 58.2 Å². The maximum Gasteiger partial charge on any atom is 0.196 e. The van der Waals surface area contributed by atoms with Crippen molar-refractivity contribution in [2.75, 3.05) is 11.9 Å². The van der Waals surface area contributed by atoms with Gasteiger partial charge in [-0.1, -0.05) is 11.6 Å². The third kappa shape index (κ3) is 3.12. The van der Waals surface area contributed by atoms with E-state index in [1.54, 1.807) is 30.3 Å². The number of hydrogen-bond donors (Lipinski definition) is 1. The molecule has 0 aliphatic rings. The summed E-state index contributed by atoms with van der Waals surface area (Å²) < 4.78 is 0. The van der Waals surface area contributed by atoms with E-state index < -0.39 is 0 Å². The predicted octanol–water partition coefficient (Wildman–Crippen LogP) is 3.71. The number of anilines is 1. The lowest BCUT2D eigenvalue weighted by atomic mass is 10.0. The van der Waals surface area contributed by atoms with Gasteiger partial charge in [0.15, 0.2) is 5.78 Å². The fourth-order valence-corrected chi connectivity index (χ4v) is 1.92. The summed E-state index contributed by atoms with van der Waals surface area (Å²) in [5.74, 6) is 0.572. The standard InChI is InChI=1S/C15H15ClN2O/c1-3-17-15-13(9-4-10(2)18-15)14(19)11-5-7-12(16)8-6-11/h4-9H,3H2,1-2H3,(H,17,18). The summed E-state index contributed by atoms with van der Waals surface area (Å²) in [6.07, 6.45) is 0. The molecule has 0 aliphatic carbocycles. The number of nitrogens with one attached hydrogen (secondary N) is 1. The molecular weight excluding hydrogens is 260 g/mol. The Bertz CT molecular complexity index is 594. The Morgan fingerprint density at radius 3 is 2.53 bits per heavy atom. The minimum absolute atomic E-state index is 0.0554. The van der Waals surface area contributed by atoms with E-state index in [0.29, 0.717) is 22.0 Å². The molecule has 0 amide bonds. The van der Waals surface area contributed by atoms with Crippen LogP contribution in [0, 0.1) is 6.92 Å². The minimum atomic E-state index is -0.0554. The number of benzene rings is 1. The Hall–Kier alpha value is -1.87. The smallest absolute Gasteiger partial charge is 0.196 e. The highest BCUT2D eigenvalue weighted by atomic mass is 35.5. The number of aryl methyl sites for hydroxylation is 1. The molecule has 0 saturated heterocycles. The number of hydrogen-bond acceptors (Lipinski definition) is 3. The maximum absolute atomic E-state index is 12.4. The van der Waals surface area contributed by atoms with Gasteiger partial charge in [0.05, 0.1) is 5.56 Å². The van der Waals surface area contributed by atoms with Gasteiger partial charge in [0.25, 0.3) is 0 Å². The van der Waals surface area contributed by atoms with E-state index >= 15 is 0 Å². The number of halogens is 1. The molecule has 0 bridgehead atoms. The zero-order valence-electron chi connectivity index (χ0n) is 10.9. The molecule has 0 atom stereocenters. The Labute approximate surface area is 117 Å². The van der Waals surface area contributed by atoms with Gasteiger partial charge >= 0.3 is 0 Å². The van der Waals surface area contributed by atoms with Gasteiger partial charge < -0.3 is 5.32 Å². The lowest BCUT2D eigenvalue weighted by molar-refractivity contribution is 0.103. The van der Waals surface area contributed by atoms with Gasteiger partial charge in [-0.15, -0.1) is 0 Å². The zero-order valence-corrected chi connectivity index (χ0v) is 11.7. The van der Waals surface area contributed by atoms with E-state index in [1.807, 2.05) is 19.9 Å². The fourth-order valence-electron chi connectivity index (χ4n) is 1.80. The highest BCUT2D eigenvalue weighted by molar-refractivity contribution is 6.30. The molecule has 0 unspecified atom stereocenters. The summed E-state index contributed by atoms with van der Waals surface area (Å²) in [5.41, 5.74) is 2.06. The molecule has 4 heteroatoms. The van der Waals surface area contributed by atoms with Crippen molar-refractivity contribution in [1.29, 1.82) is 0 Å². The van der Waals surface area contributed by atoms with Crippen LogP contribution in [0.1, 0.15) is 28.5 Å². The summed E-state index contributed by atoms with van der Waals surface area (Å²) in [4.78, 5) is 16.8. The minimum Gasteiger partial charge on any atom is -0.370 e. The summed E-state index contributed by atoms with van der Waals surface area (Å²) in [7, 11) is 0. The van der Waals surface area contributed by atoms with Crippen LogP contribution in [0.4, 0.5) is 5.82 Å². The molecule has 3 nitrogen and oxygen atoms in total. The molecule has 1 aromatic carbocycles. The summed E-state index contributed by atoms with van der Waals surface area (Å²) >= 11 is 5.83. The maximum atomic E-state index is 12.4. The predicted molar refractivity (Wildman–Crippen MR) is 78.0 cm³/mol. The molecule has 0 spiro atoms. The molecule has 0 radical (unpaired) electrons. The number of carbonyl (C=O) groups is 1. The van der Waals surface area contributed by atoms with Crippen molar-refractivity contribution < 1.29 is 4.79 Å². The van der Waals surface area contributed by atoms with Crippen LogP contribution in [0.5, 0.6) is 0 Å². The Morgan fingerprint density at radius 1 is 1.21 bits per heavy atom. The Morgan fingerprint density at radius 2 is 1.89 bits per heavy atom. The molecule has 0 fully saturated rings. The molecule has 0 saturated carbocycles. The van der Waals surface area contributed by atoms with E-state index in [0.717, 1.165) is 12.2 Å². The van der Waals surface area contributed by atoms with E-state index in [9.17, 15) is 4.79 Å². The first kappa shape index (κ1) is 13.6. The van der Waals surface area contributed by atoms with E-state index in [2.05, 4.69) is 10.3 Å². The lowest BCUT2D eigenvalue weighted by Crippen LogP contribution is -2.10. The number of pyridine rings is 1. The van der Waals surface area contributed by atoms with Gasteiger partial charge in [-0.05, 0) is 50.2 Å². The van der Waals surface area contributed by atoms with Crippen LogP contribution >= 0.6 is 11.6 Å². The number of nitrogens with zero attached hydrogens (tertiary/aromatic N) is 1. The summed E-state index contributed by atoms with van der Waals surface area (Å²) in [5, 5.41) is 3.74. The van der Waals surface area contributed by atoms with Crippen molar-refractivity contribution >= 4 is 23.2 Å². The summed E-state index contributed by atoms with van der Waals surface area (Å²) in [6.45, 7) is 4.59. The van der Waals surface area contributed by atoms with E-state index in [-0.39, 0.29) is 5.78 Å². The van der Waals surface area contributed by atoms with Gasteiger partial charge in [0.2, 0.25) is 0 Å². The molecule has 1 heterocycles. The topological polar surface area (TPSA) is 42.0 Å². The third-order valence-electron chi connectivity index (χ3n) is 2.73. The molecule has 2 rings (SSSR count). The van der Waals surface area contributed by atoms with Gasteiger partial charge in [-0.25, -0.2) is 4.98 Å². The molecular formula is C15H15ClN2O. The van der Waals surface area contributed by atoms with Crippen LogP contribution in [-0.2, 0) is 0 Å². The second-order valence-electron chi connectivity index (χ2n) is 4.22. The normalized spacial score (nSPS) is 10.3. The molecule has 19 heavy (non-hydrogen) atoms. The Balaban J connectivity index is 2.40. The van der Waals surface area contributed by atoms with Crippen molar-refractivity contribution in [3.63, 3.8) is 0 Å². The first-order chi connectivity index (χ1) is 9.11. The number of rotatable bonds is 4. The molecule has 1 aromatic heterocycles. The van der Waals surface area contributed by atoms with Crippen LogP contribution in [-0.4, -0.2) is 17.3 Å². The first-order valence-electron chi connectivity index (χ1n) is 6.13. The Kier molecular flexibility index (Phi) is 4.17. The fraction of sp³-hybridized carbons (Fsp3) is 0.200. The molecule has 0 aliphatic heterocycles. The average Bonchev–Trinajstić information content (AvgIpc) is 2.39. The van der Waals surface area contributed by atoms with E-state index in [4.69, 9.17) is 11.6 Å². The second-order valence-corrected chi connectivity index (χ2v) is 4.65. The molecule has 1 N–H and O–H groups in total.